The molecule has 0 unspecified atom stereocenters. The summed E-state index contributed by atoms with van der Waals surface area (Å²) < 4.78 is 5.72. The van der Waals surface area contributed by atoms with Gasteiger partial charge < -0.3 is 15.8 Å². The van der Waals surface area contributed by atoms with Crippen LogP contribution in [0.25, 0.3) is 0 Å². The Kier molecular flexibility index (Phi) is 7.67. The van der Waals surface area contributed by atoms with Gasteiger partial charge in [0.15, 0.2) is 0 Å². The largest absolute Gasteiger partial charge is 0.473 e. The first kappa shape index (κ1) is 19.2. The van der Waals surface area contributed by atoms with Crippen molar-refractivity contribution in [3.05, 3.63) is 47.2 Å². The minimum absolute atomic E-state index is 0.0181. The summed E-state index contributed by atoms with van der Waals surface area (Å²) in [6.45, 7) is 7.17. The molecule has 25 heavy (non-hydrogen) atoms. The number of nitrogen functional groups attached to an aromatic ring is 1. The highest BCUT2D eigenvalue weighted by atomic mass is 16.5. The molecule has 1 aromatic heterocycles. The molecule has 0 atom stereocenters. The van der Waals surface area contributed by atoms with E-state index in [0.29, 0.717) is 18.1 Å². The van der Waals surface area contributed by atoms with Crippen LogP contribution in [0, 0.1) is 11.3 Å². The second-order valence-corrected chi connectivity index (χ2v) is 6.95. The van der Waals surface area contributed by atoms with Crippen molar-refractivity contribution in [2.75, 3.05) is 19.7 Å². The molecule has 136 valence electrons. The average molecular weight is 342 g/mol. The van der Waals surface area contributed by atoms with Crippen molar-refractivity contribution in [1.82, 2.24) is 10.3 Å². The van der Waals surface area contributed by atoms with Crippen LogP contribution < -0.4 is 15.8 Å². The van der Waals surface area contributed by atoms with Crippen LogP contribution in [-0.2, 0) is 0 Å². The third-order valence-corrected chi connectivity index (χ3v) is 4.26. The van der Waals surface area contributed by atoms with Crippen LogP contribution in [0.3, 0.4) is 0 Å². The van der Waals surface area contributed by atoms with Gasteiger partial charge in [0.25, 0.3) is 0 Å². The second kappa shape index (κ2) is 9.99. The fourth-order valence-corrected chi connectivity index (χ4v) is 2.67. The Hall–Kier alpha value is -2.14. The summed E-state index contributed by atoms with van der Waals surface area (Å²) in [5.41, 5.74) is 8.76. The molecule has 1 aliphatic rings. The van der Waals surface area contributed by atoms with Gasteiger partial charge in [-0.1, -0.05) is 31.6 Å². The molecule has 0 aromatic carbocycles. The van der Waals surface area contributed by atoms with E-state index in [1.54, 1.807) is 18.3 Å². The standard InChI is InChI=1S/C20H30N4O/c1-15(2)4-3-11-23-12-16-5-7-17(8-6-16)14-25-19-10-9-18(13-24-19)20(21)22/h5,7,9-10,13,15,23H,3-4,6,8,11-12,14H2,1-2H3,(H3,21,22). The van der Waals surface area contributed by atoms with Crippen molar-refractivity contribution in [3.63, 3.8) is 0 Å². The van der Waals surface area contributed by atoms with E-state index >= 15 is 0 Å². The summed E-state index contributed by atoms with van der Waals surface area (Å²) in [4.78, 5) is 4.17. The van der Waals surface area contributed by atoms with Gasteiger partial charge in [-0.2, -0.15) is 0 Å². The highest BCUT2D eigenvalue weighted by Gasteiger charge is 2.08. The molecular formula is C20H30N4O. The second-order valence-electron chi connectivity index (χ2n) is 6.95. The highest BCUT2D eigenvalue weighted by molar-refractivity contribution is 5.94. The maximum Gasteiger partial charge on any atom is 0.213 e. The van der Waals surface area contributed by atoms with Crippen LogP contribution >= 0.6 is 0 Å². The van der Waals surface area contributed by atoms with Gasteiger partial charge in [-0.25, -0.2) is 4.98 Å². The van der Waals surface area contributed by atoms with Crippen molar-refractivity contribution >= 4 is 5.84 Å². The fourth-order valence-electron chi connectivity index (χ4n) is 2.67. The van der Waals surface area contributed by atoms with Crippen molar-refractivity contribution in [1.29, 1.82) is 5.41 Å². The summed E-state index contributed by atoms with van der Waals surface area (Å²) in [5.74, 6) is 1.37. The van der Waals surface area contributed by atoms with Crippen LogP contribution in [0.5, 0.6) is 5.88 Å². The van der Waals surface area contributed by atoms with E-state index in [2.05, 4.69) is 36.3 Å². The zero-order valence-corrected chi connectivity index (χ0v) is 15.3. The van der Waals surface area contributed by atoms with Crippen LogP contribution in [0.1, 0.15) is 45.1 Å². The number of nitrogens with two attached hydrogens (primary N) is 1. The topological polar surface area (TPSA) is 84.0 Å². The van der Waals surface area contributed by atoms with Crippen LogP contribution in [-0.4, -0.2) is 30.5 Å². The molecule has 0 spiro atoms. The summed E-state index contributed by atoms with van der Waals surface area (Å²) in [6, 6.07) is 3.51. The molecule has 4 N–H and O–H groups in total. The number of amidine groups is 1. The minimum atomic E-state index is 0.0181. The number of rotatable bonds is 10. The third-order valence-electron chi connectivity index (χ3n) is 4.26. The van der Waals surface area contributed by atoms with Gasteiger partial charge >= 0.3 is 0 Å². The summed E-state index contributed by atoms with van der Waals surface area (Å²) >= 11 is 0. The Morgan fingerprint density at radius 2 is 2.04 bits per heavy atom. The molecule has 0 aliphatic heterocycles. The molecular weight excluding hydrogens is 312 g/mol. The molecule has 0 saturated carbocycles. The number of nitrogens with zero attached hydrogens (tertiary/aromatic N) is 1. The quantitative estimate of drug-likeness (QED) is 0.346. The Bertz CT molecular complexity index is 617. The molecule has 1 aliphatic carbocycles. The van der Waals surface area contributed by atoms with E-state index in [-0.39, 0.29) is 5.84 Å². The molecule has 0 fully saturated rings. The maximum absolute atomic E-state index is 7.35. The van der Waals surface area contributed by atoms with Gasteiger partial charge in [0, 0.05) is 24.4 Å². The lowest BCUT2D eigenvalue weighted by Crippen LogP contribution is -2.20. The van der Waals surface area contributed by atoms with Crippen molar-refractivity contribution < 1.29 is 4.74 Å². The number of pyridine rings is 1. The van der Waals surface area contributed by atoms with E-state index in [1.165, 1.54) is 24.0 Å². The lowest BCUT2D eigenvalue weighted by atomic mass is 9.99. The Balaban J connectivity index is 1.70. The smallest absolute Gasteiger partial charge is 0.213 e. The lowest BCUT2D eigenvalue weighted by molar-refractivity contribution is 0.333. The average Bonchev–Trinajstić information content (AvgIpc) is 2.61. The zero-order valence-electron chi connectivity index (χ0n) is 15.3. The highest BCUT2D eigenvalue weighted by Crippen LogP contribution is 2.19. The lowest BCUT2D eigenvalue weighted by Gasteiger charge is -2.16. The molecule has 2 rings (SSSR count). The first-order valence-electron chi connectivity index (χ1n) is 9.06. The van der Waals surface area contributed by atoms with Gasteiger partial charge in [0.2, 0.25) is 5.88 Å². The van der Waals surface area contributed by atoms with Crippen molar-refractivity contribution in [3.8, 4) is 5.88 Å². The molecule has 5 nitrogen and oxygen atoms in total. The minimum Gasteiger partial charge on any atom is -0.473 e. The van der Waals surface area contributed by atoms with E-state index < -0.39 is 0 Å². The van der Waals surface area contributed by atoms with Crippen molar-refractivity contribution in [2.24, 2.45) is 11.7 Å². The van der Waals surface area contributed by atoms with E-state index in [9.17, 15) is 0 Å². The van der Waals surface area contributed by atoms with Gasteiger partial charge in [0.05, 0.1) is 0 Å². The first-order chi connectivity index (χ1) is 12.0. The maximum atomic E-state index is 7.35. The van der Waals surface area contributed by atoms with Gasteiger partial charge in [-0.05, 0) is 49.8 Å². The number of ether oxygens (including phenoxy) is 1. The predicted octanol–water partition coefficient (Wildman–Crippen LogP) is 3.42. The number of hydrogen-bond donors (Lipinski definition) is 3. The van der Waals surface area contributed by atoms with Crippen LogP contribution in [0.15, 0.2) is 41.6 Å². The first-order valence-corrected chi connectivity index (χ1v) is 9.06. The summed E-state index contributed by atoms with van der Waals surface area (Å²) in [6.07, 6.45) is 10.6. The Labute approximate surface area is 150 Å². The van der Waals surface area contributed by atoms with E-state index in [1.807, 2.05) is 0 Å². The van der Waals surface area contributed by atoms with E-state index in [0.717, 1.165) is 31.8 Å². The number of allylic oxidation sites excluding steroid dienone is 2. The number of nitrogens with one attached hydrogen (secondary N) is 2. The normalized spacial score (nSPS) is 14.2. The molecule has 1 heterocycles. The van der Waals surface area contributed by atoms with Gasteiger partial charge in [0.1, 0.15) is 12.4 Å². The predicted molar refractivity (Wildman–Crippen MR) is 103 cm³/mol. The van der Waals surface area contributed by atoms with Crippen LogP contribution in [0.4, 0.5) is 0 Å². The van der Waals surface area contributed by atoms with Crippen molar-refractivity contribution in [2.45, 2.75) is 39.5 Å². The molecule has 5 heteroatoms. The summed E-state index contributed by atoms with van der Waals surface area (Å²) in [7, 11) is 0. The number of aromatic nitrogens is 1. The monoisotopic (exact) mass is 342 g/mol. The number of hydrogen-bond acceptors (Lipinski definition) is 4. The van der Waals surface area contributed by atoms with Gasteiger partial charge in [-0.15, -0.1) is 0 Å². The molecule has 0 bridgehead atoms. The van der Waals surface area contributed by atoms with Crippen LogP contribution in [0.2, 0.25) is 0 Å². The molecule has 0 radical (unpaired) electrons. The molecule has 0 amide bonds. The SMILES string of the molecule is CC(C)CCCNCC1=CC=C(COc2ccc(C(=N)N)cn2)CC1. The Morgan fingerprint density at radius 3 is 2.64 bits per heavy atom. The van der Waals surface area contributed by atoms with E-state index in [4.69, 9.17) is 15.9 Å². The summed E-state index contributed by atoms with van der Waals surface area (Å²) in [5, 5.41) is 10.9. The van der Waals surface area contributed by atoms with Gasteiger partial charge in [-0.3, -0.25) is 5.41 Å². The zero-order chi connectivity index (χ0) is 18.1. The fraction of sp³-hybridized carbons (Fsp3) is 0.500. The Morgan fingerprint density at radius 1 is 1.28 bits per heavy atom. The molecule has 0 saturated heterocycles. The third kappa shape index (κ3) is 7.10. The molecule has 1 aromatic rings.